The van der Waals surface area contributed by atoms with Crippen LogP contribution in [0.25, 0.3) is 0 Å². The molecule has 37 heavy (non-hydrogen) atoms. The number of hydrogen-bond acceptors (Lipinski definition) is 5. The highest BCUT2D eigenvalue weighted by Crippen LogP contribution is 2.32. The fourth-order valence-corrected chi connectivity index (χ4v) is 6.01. The summed E-state index contributed by atoms with van der Waals surface area (Å²) in [6, 6.07) is 6.51. The van der Waals surface area contributed by atoms with E-state index in [0.717, 1.165) is 37.7 Å². The summed E-state index contributed by atoms with van der Waals surface area (Å²) in [5.41, 5.74) is 1.70. The normalized spacial score (nSPS) is 23.6. The molecule has 2 heterocycles. The molecule has 2 N–H and O–H groups in total. The SMILES string of the molecule is CC(C)(C)c1ccc(N(C(=O)[C@H]2CCCN2C#N)C(C(=O)NC2CCCCC2)C2CCNC(=O)C2)cc1. The summed E-state index contributed by atoms with van der Waals surface area (Å²) < 4.78 is 0. The number of nitrogens with one attached hydrogen (secondary N) is 2. The number of benzene rings is 1. The van der Waals surface area contributed by atoms with Crippen molar-refractivity contribution in [3.8, 4) is 6.19 Å². The second kappa shape index (κ2) is 11.5. The Morgan fingerprint density at radius 2 is 1.78 bits per heavy atom. The summed E-state index contributed by atoms with van der Waals surface area (Å²) >= 11 is 0. The molecule has 8 heteroatoms. The minimum absolute atomic E-state index is 0.0599. The maximum Gasteiger partial charge on any atom is 0.251 e. The van der Waals surface area contributed by atoms with Gasteiger partial charge < -0.3 is 10.6 Å². The Labute approximate surface area is 220 Å². The molecule has 1 aromatic carbocycles. The number of carbonyl (C=O) groups is 3. The van der Waals surface area contributed by atoms with Crippen LogP contribution in [0.5, 0.6) is 0 Å². The Bertz CT molecular complexity index is 1020. The summed E-state index contributed by atoms with van der Waals surface area (Å²) in [6.45, 7) is 7.42. The Morgan fingerprint density at radius 3 is 2.41 bits per heavy atom. The van der Waals surface area contributed by atoms with Crippen molar-refractivity contribution in [3.05, 3.63) is 29.8 Å². The van der Waals surface area contributed by atoms with Gasteiger partial charge in [0, 0.05) is 31.2 Å². The monoisotopic (exact) mass is 507 g/mol. The van der Waals surface area contributed by atoms with Crippen LogP contribution in [0.15, 0.2) is 24.3 Å². The maximum atomic E-state index is 14.2. The van der Waals surface area contributed by atoms with Gasteiger partial charge in [-0.25, -0.2) is 0 Å². The number of amides is 3. The van der Waals surface area contributed by atoms with Gasteiger partial charge in [0.15, 0.2) is 6.19 Å². The predicted octanol–water partition coefficient (Wildman–Crippen LogP) is 3.61. The van der Waals surface area contributed by atoms with Gasteiger partial charge in [-0.2, -0.15) is 5.26 Å². The maximum absolute atomic E-state index is 14.2. The Kier molecular flexibility index (Phi) is 8.41. The van der Waals surface area contributed by atoms with Gasteiger partial charge >= 0.3 is 0 Å². The zero-order chi connectivity index (χ0) is 26.6. The quantitative estimate of drug-likeness (QED) is 0.573. The fourth-order valence-electron chi connectivity index (χ4n) is 6.01. The molecule has 0 bridgehead atoms. The largest absolute Gasteiger partial charge is 0.356 e. The van der Waals surface area contributed by atoms with Crippen molar-refractivity contribution in [2.45, 2.75) is 102 Å². The number of hydrogen-bond donors (Lipinski definition) is 2. The van der Waals surface area contributed by atoms with Crippen molar-refractivity contribution in [3.63, 3.8) is 0 Å². The fraction of sp³-hybridized carbons (Fsp3) is 0.655. The van der Waals surface area contributed by atoms with Gasteiger partial charge in [-0.1, -0.05) is 52.2 Å². The average Bonchev–Trinajstić information content (AvgIpc) is 3.36. The van der Waals surface area contributed by atoms with E-state index in [2.05, 4.69) is 37.6 Å². The van der Waals surface area contributed by atoms with Gasteiger partial charge in [0.05, 0.1) is 0 Å². The molecule has 2 aliphatic heterocycles. The van der Waals surface area contributed by atoms with E-state index >= 15 is 0 Å². The first-order valence-electron chi connectivity index (χ1n) is 13.9. The lowest BCUT2D eigenvalue weighted by molar-refractivity contribution is -0.131. The smallest absolute Gasteiger partial charge is 0.251 e. The van der Waals surface area contributed by atoms with Crippen molar-refractivity contribution in [2.24, 2.45) is 5.92 Å². The van der Waals surface area contributed by atoms with Crippen molar-refractivity contribution >= 4 is 23.4 Å². The molecular weight excluding hydrogens is 466 g/mol. The van der Waals surface area contributed by atoms with Crippen LogP contribution in [0.4, 0.5) is 5.69 Å². The van der Waals surface area contributed by atoms with Crippen LogP contribution >= 0.6 is 0 Å². The number of anilines is 1. The van der Waals surface area contributed by atoms with Crippen LogP contribution in [0, 0.1) is 17.4 Å². The molecule has 0 spiro atoms. The number of likely N-dealkylation sites (tertiary alicyclic amines) is 1. The van der Waals surface area contributed by atoms with E-state index in [1.54, 1.807) is 4.90 Å². The van der Waals surface area contributed by atoms with Crippen molar-refractivity contribution in [1.29, 1.82) is 5.26 Å². The van der Waals surface area contributed by atoms with E-state index < -0.39 is 12.1 Å². The highest BCUT2D eigenvalue weighted by molar-refractivity contribution is 6.04. The molecule has 1 aromatic rings. The van der Waals surface area contributed by atoms with E-state index in [1.165, 1.54) is 11.3 Å². The second-order valence-corrected chi connectivity index (χ2v) is 11.8. The Balaban J connectivity index is 1.74. The van der Waals surface area contributed by atoms with Gasteiger partial charge in [0.1, 0.15) is 12.1 Å². The molecule has 3 amide bonds. The Morgan fingerprint density at radius 1 is 1.08 bits per heavy atom. The third-order valence-electron chi connectivity index (χ3n) is 8.14. The average molecular weight is 508 g/mol. The van der Waals surface area contributed by atoms with Gasteiger partial charge in [0.25, 0.3) is 5.91 Å². The van der Waals surface area contributed by atoms with Gasteiger partial charge in [-0.3, -0.25) is 24.2 Å². The van der Waals surface area contributed by atoms with Crippen molar-refractivity contribution < 1.29 is 14.4 Å². The molecule has 0 aromatic heterocycles. The standard InChI is InChI=1S/C29H41N5O3/c1-29(2,3)21-11-13-23(14-12-21)34(28(37)24-10-7-17-33(24)19-30)26(20-15-16-31-25(35)18-20)27(36)32-22-8-5-4-6-9-22/h11-14,20,22,24,26H,4-10,15-18H2,1-3H3,(H,31,35)(H,32,36)/t20?,24-,26?/m1/s1. The molecule has 3 aliphatic rings. The molecule has 2 saturated heterocycles. The van der Waals surface area contributed by atoms with Crippen LogP contribution in [0.3, 0.4) is 0 Å². The lowest BCUT2D eigenvalue weighted by Gasteiger charge is -2.40. The summed E-state index contributed by atoms with van der Waals surface area (Å²) in [5.74, 6) is -0.832. The summed E-state index contributed by atoms with van der Waals surface area (Å²) in [7, 11) is 0. The molecule has 0 radical (unpaired) electrons. The van der Waals surface area contributed by atoms with Gasteiger partial charge in [-0.15, -0.1) is 0 Å². The first-order valence-corrected chi connectivity index (χ1v) is 13.9. The minimum Gasteiger partial charge on any atom is -0.356 e. The second-order valence-electron chi connectivity index (χ2n) is 11.8. The number of piperidine rings is 1. The van der Waals surface area contributed by atoms with Gasteiger partial charge in [0.2, 0.25) is 11.8 Å². The third kappa shape index (κ3) is 6.26. The number of nitrogens with zero attached hydrogens (tertiary/aromatic N) is 3. The van der Waals surface area contributed by atoms with Crippen LogP contribution in [0.2, 0.25) is 0 Å². The highest BCUT2D eigenvalue weighted by Gasteiger charge is 2.44. The van der Waals surface area contributed by atoms with E-state index in [1.807, 2.05) is 24.3 Å². The zero-order valence-electron chi connectivity index (χ0n) is 22.5. The van der Waals surface area contributed by atoms with Crippen LogP contribution in [-0.4, -0.2) is 53.8 Å². The molecule has 4 rings (SSSR count). The highest BCUT2D eigenvalue weighted by atomic mass is 16.2. The molecule has 1 saturated carbocycles. The summed E-state index contributed by atoms with van der Waals surface area (Å²) in [6.07, 6.45) is 9.52. The van der Waals surface area contributed by atoms with E-state index in [4.69, 9.17) is 0 Å². The lowest BCUT2D eigenvalue weighted by Crippen LogP contribution is -2.60. The number of nitriles is 1. The van der Waals surface area contributed by atoms with Crippen LogP contribution in [0.1, 0.15) is 84.1 Å². The van der Waals surface area contributed by atoms with E-state index in [0.29, 0.717) is 31.6 Å². The number of carbonyl (C=O) groups excluding carboxylic acids is 3. The van der Waals surface area contributed by atoms with E-state index in [9.17, 15) is 19.6 Å². The first-order chi connectivity index (χ1) is 17.7. The number of rotatable bonds is 6. The molecule has 3 fully saturated rings. The lowest BCUT2D eigenvalue weighted by atomic mass is 9.85. The first kappa shape index (κ1) is 27.0. The molecule has 1 aliphatic carbocycles. The van der Waals surface area contributed by atoms with E-state index in [-0.39, 0.29) is 41.5 Å². The predicted molar refractivity (Wildman–Crippen MR) is 143 cm³/mol. The molecule has 2 unspecified atom stereocenters. The van der Waals surface area contributed by atoms with Crippen molar-refractivity contribution in [1.82, 2.24) is 15.5 Å². The van der Waals surface area contributed by atoms with Crippen LogP contribution < -0.4 is 15.5 Å². The Hall–Kier alpha value is -3.08. The minimum atomic E-state index is -0.817. The van der Waals surface area contributed by atoms with Crippen LogP contribution in [-0.2, 0) is 19.8 Å². The summed E-state index contributed by atoms with van der Waals surface area (Å²) in [5, 5.41) is 15.8. The molecule has 3 atom stereocenters. The molecular formula is C29H41N5O3. The molecule has 8 nitrogen and oxygen atoms in total. The summed E-state index contributed by atoms with van der Waals surface area (Å²) in [4.78, 5) is 43.8. The zero-order valence-corrected chi connectivity index (χ0v) is 22.5. The van der Waals surface area contributed by atoms with Crippen molar-refractivity contribution in [2.75, 3.05) is 18.0 Å². The third-order valence-corrected chi connectivity index (χ3v) is 8.14. The molecule has 200 valence electrons. The van der Waals surface area contributed by atoms with Gasteiger partial charge in [-0.05, 0) is 61.1 Å². The topological polar surface area (TPSA) is 106 Å².